The lowest BCUT2D eigenvalue weighted by Crippen LogP contribution is -2.53. The van der Waals surface area contributed by atoms with Crippen molar-refractivity contribution in [3.8, 4) is 16.9 Å². The van der Waals surface area contributed by atoms with Gasteiger partial charge in [0.25, 0.3) is 5.91 Å². The lowest BCUT2D eigenvalue weighted by Gasteiger charge is -2.39. The Morgan fingerprint density at radius 1 is 1.12 bits per heavy atom. The van der Waals surface area contributed by atoms with Crippen molar-refractivity contribution < 1.29 is 24.1 Å². The average Bonchev–Trinajstić information content (AvgIpc) is 3.28. The van der Waals surface area contributed by atoms with Crippen molar-refractivity contribution in [1.82, 2.24) is 15.6 Å². The second kappa shape index (κ2) is 11.6. The third kappa shape index (κ3) is 5.80. The Hall–Kier alpha value is -3.14. The van der Waals surface area contributed by atoms with Gasteiger partial charge in [-0.1, -0.05) is 35.3 Å². The van der Waals surface area contributed by atoms with E-state index in [0.717, 1.165) is 27.9 Å². The maximum absolute atomic E-state index is 14.3. The van der Waals surface area contributed by atoms with Crippen molar-refractivity contribution in [1.29, 1.82) is 0 Å². The number of hydrogen-bond donors (Lipinski definition) is 5. The molecule has 0 fully saturated rings. The Kier molecular flexibility index (Phi) is 8.32. The number of rotatable bonds is 8. The van der Waals surface area contributed by atoms with E-state index in [2.05, 4.69) is 15.6 Å². The van der Waals surface area contributed by atoms with Crippen LogP contribution in [0.2, 0.25) is 10.0 Å². The number of carbonyl (C=O) groups excluding carboxylic acids is 1. The lowest BCUT2D eigenvalue weighted by molar-refractivity contribution is 0.0479. The maximum Gasteiger partial charge on any atom is 0.252 e. The zero-order chi connectivity index (χ0) is 29.5. The molecule has 41 heavy (non-hydrogen) atoms. The summed E-state index contributed by atoms with van der Waals surface area (Å²) in [5.41, 5.74) is 4.07. The molecule has 1 aromatic heterocycles. The van der Waals surface area contributed by atoms with Gasteiger partial charge < -0.3 is 25.3 Å². The summed E-state index contributed by atoms with van der Waals surface area (Å²) in [5, 5.41) is 29.0. The van der Waals surface area contributed by atoms with Crippen molar-refractivity contribution in [2.45, 2.75) is 51.0 Å². The molecule has 4 aromatic rings. The summed E-state index contributed by atoms with van der Waals surface area (Å²) in [5.74, 6) is -0.302. The monoisotopic (exact) mass is 599 g/mol. The second-order valence-electron chi connectivity index (χ2n) is 10.7. The molecule has 7 nitrogen and oxygen atoms in total. The lowest BCUT2D eigenvalue weighted by atomic mass is 9.80. The molecule has 0 saturated carbocycles. The number of carbonyl (C=O) groups is 1. The number of aryl methyl sites for hydroxylation is 1. The number of aromatic amines is 1. The Morgan fingerprint density at radius 3 is 2.54 bits per heavy atom. The van der Waals surface area contributed by atoms with E-state index in [-0.39, 0.29) is 23.6 Å². The highest BCUT2D eigenvalue weighted by Crippen LogP contribution is 2.38. The van der Waals surface area contributed by atoms with Gasteiger partial charge in [-0.15, -0.1) is 0 Å². The highest BCUT2D eigenvalue weighted by atomic mass is 35.5. The van der Waals surface area contributed by atoms with Crippen LogP contribution >= 0.6 is 23.2 Å². The summed E-state index contributed by atoms with van der Waals surface area (Å²) in [6.07, 6.45) is 0.148. The molecule has 1 heterocycles. The van der Waals surface area contributed by atoms with Crippen LogP contribution in [0.4, 0.5) is 4.39 Å². The van der Waals surface area contributed by atoms with Gasteiger partial charge in [0.15, 0.2) is 0 Å². The number of ether oxygens (including phenoxy) is 1. The first-order chi connectivity index (χ1) is 19.5. The number of benzene rings is 3. The van der Waals surface area contributed by atoms with Crippen LogP contribution in [0.5, 0.6) is 5.75 Å². The molecular formula is C31H32Cl2FN3O4. The molecule has 0 saturated heterocycles. The molecule has 1 aliphatic rings. The molecule has 1 aliphatic carbocycles. The van der Waals surface area contributed by atoms with Crippen LogP contribution in [0.15, 0.2) is 48.5 Å². The van der Waals surface area contributed by atoms with Gasteiger partial charge in [-0.05, 0) is 86.2 Å². The first kappa shape index (κ1) is 29.4. The third-order valence-corrected chi connectivity index (χ3v) is 8.19. The molecule has 0 spiro atoms. The van der Waals surface area contributed by atoms with Crippen LogP contribution in [0.3, 0.4) is 0 Å². The molecule has 1 amide bonds. The number of halogens is 3. The van der Waals surface area contributed by atoms with Gasteiger partial charge in [-0.25, -0.2) is 4.39 Å². The molecule has 0 aliphatic heterocycles. The summed E-state index contributed by atoms with van der Waals surface area (Å²) in [7, 11) is 1.54. The number of aromatic nitrogens is 1. The van der Waals surface area contributed by atoms with Crippen molar-refractivity contribution >= 4 is 40.0 Å². The number of fused-ring (bicyclic) bond motifs is 3. The molecule has 10 heteroatoms. The number of aliphatic hydroxyl groups is 2. The summed E-state index contributed by atoms with van der Waals surface area (Å²) in [6, 6.07) is 13.6. The zero-order valence-electron chi connectivity index (χ0n) is 22.9. The average molecular weight is 601 g/mol. The standard InChI is InChI=1S/C31H32Cl2FN3O4/c1-16(2)41-28-7-5-17(18-4-6-19(23(32)11-18)29(39)35-3)10-21(28)30(40)37-31(15-38)9-8-26-22(14-31)20-12-25(34)24(33)13-27(20)36-26/h4-7,10-13,16,30,36-38,40H,8-9,14-15H2,1-3H3,(H,35,39). The van der Waals surface area contributed by atoms with Crippen molar-refractivity contribution in [3.05, 3.63) is 86.8 Å². The molecule has 5 N–H and O–H groups in total. The molecule has 3 aromatic carbocycles. The van der Waals surface area contributed by atoms with Crippen LogP contribution in [0.1, 0.15) is 53.7 Å². The predicted octanol–water partition coefficient (Wildman–Crippen LogP) is 5.93. The minimum absolute atomic E-state index is 0.0418. The normalized spacial score (nSPS) is 17.5. The van der Waals surface area contributed by atoms with E-state index in [0.29, 0.717) is 46.5 Å². The van der Waals surface area contributed by atoms with Crippen LogP contribution in [-0.2, 0) is 12.8 Å². The van der Waals surface area contributed by atoms with Crippen molar-refractivity contribution in [2.24, 2.45) is 0 Å². The number of nitrogens with one attached hydrogen (secondary N) is 3. The molecule has 5 rings (SSSR count). The van der Waals surface area contributed by atoms with E-state index in [1.165, 1.54) is 6.07 Å². The summed E-state index contributed by atoms with van der Waals surface area (Å²) < 4.78 is 20.4. The van der Waals surface area contributed by atoms with E-state index in [1.54, 1.807) is 37.4 Å². The van der Waals surface area contributed by atoms with Gasteiger partial charge in [-0.3, -0.25) is 10.1 Å². The van der Waals surface area contributed by atoms with E-state index in [4.69, 9.17) is 27.9 Å². The predicted molar refractivity (Wildman–Crippen MR) is 159 cm³/mol. The number of amides is 1. The molecule has 2 atom stereocenters. The minimum Gasteiger partial charge on any atom is -0.491 e. The molecule has 2 unspecified atom stereocenters. The van der Waals surface area contributed by atoms with E-state index in [9.17, 15) is 19.4 Å². The summed E-state index contributed by atoms with van der Waals surface area (Å²) >= 11 is 12.4. The van der Waals surface area contributed by atoms with E-state index < -0.39 is 17.6 Å². The number of H-pyrrole nitrogens is 1. The quantitative estimate of drug-likeness (QED) is 0.161. The highest BCUT2D eigenvalue weighted by molar-refractivity contribution is 6.34. The Labute approximate surface area is 247 Å². The van der Waals surface area contributed by atoms with Gasteiger partial charge in [0.1, 0.15) is 17.8 Å². The summed E-state index contributed by atoms with van der Waals surface area (Å²) in [4.78, 5) is 15.4. The minimum atomic E-state index is -1.20. The first-order valence-corrected chi connectivity index (χ1v) is 14.2. The van der Waals surface area contributed by atoms with Crippen LogP contribution in [0, 0.1) is 5.82 Å². The van der Waals surface area contributed by atoms with Crippen LogP contribution in [-0.4, -0.2) is 46.4 Å². The molecule has 0 radical (unpaired) electrons. The summed E-state index contributed by atoms with van der Waals surface area (Å²) in [6.45, 7) is 3.55. The largest absolute Gasteiger partial charge is 0.491 e. The Balaban J connectivity index is 1.48. The highest BCUT2D eigenvalue weighted by Gasteiger charge is 2.38. The van der Waals surface area contributed by atoms with Gasteiger partial charge in [0, 0.05) is 34.7 Å². The Morgan fingerprint density at radius 2 is 1.85 bits per heavy atom. The van der Waals surface area contributed by atoms with Crippen molar-refractivity contribution in [3.63, 3.8) is 0 Å². The number of hydrogen-bond acceptors (Lipinski definition) is 5. The molecule has 0 bridgehead atoms. The molecule has 216 valence electrons. The second-order valence-corrected chi connectivity index (χ2v) is 11.6. The number of aliphatic hydroxyl groups excluding tert-OH is 2. The third-order valence-electron chi connectivity index (χ3n) is 7.59. The zero-order valence-corrected chi connectivity index (χ0v) is 24.5. The fraction of sp³-hybridized carbons (Fsp3) is 0.323. The smallest absolute Gasteiger partial charge is 0.252 e. The van der Waals surface area contributed by atoms with Gasteiger partial charge in [0.2, 0.25) is 0 Å². The van der Waals surface area contributed by atoms with Crippen molar-refractivity contribution in [2.75, 3.05) is 13.7 Å². The SMILES string of the molecule is CNC(=O)c1ccc(-c2ccc(OC(C)C)c(C(O)NC3(CO)CCc4[nH]c5cc(Cl)c(F)cc5c4C3)c2)cc1Cl. The fourth-order valence-corrected chi connectivity index (χ4v) is 5.92. The fourth-order valence-electron chi connectivity index (χ4n) is 5.49. The van der Waals surface area contributed by atoms with Crippen LogP contribution in [0.25, 0.3) is 22.0 Å². The maximum atomic E-state index is 14.3. The van der Waals surface area contributed by atoms with Gasteiger partial charge >= 0.3 is 0 Å². The Bertz CT molecular complexity index is 1620. The van der Waals surface area contributed by atoms with Crippen LogP contribution < -0.4 is 15.4 Å². The van der Waals surface area contributed by atoms with Gasteiger partial charge in [-0.2, -0.15) is 0 Å². The van der Waals surface area contributed by atoms with E-state index >= 15 is 0 Å². The topological polar surface area (TPSA) is 107 Å². The first-order valence-electron chi connectivity index (χ1n) is 13.4. The van der Waals surface area contributed by atoms with Gasteiger partial charge in [0.05, 0.1) is 28.3 Å². The molecular weight excluding hydrogens is 568 g/mol. The van der Waals surface area contributed by atoms with E-state index in [1.807, 2.05) is 26.0 Å².